The molecule has 1 rings (SSSR count). The monoisotopic (exact) mass is 221 g/mol. The summed E-state index contributed by atoms with van der Waals surface area (Å²) < 4.78 is 5.54. The molecule has 0 spiro atoms. The van der Waals surface area contributed by atoms with E-state index in [1.165, 1.54) is 0 Å². The number of unbranched alkanes of at least 4 members (excludes halogenated alkanes) is 1. The van der Waals surface area contributed by atoms with Crippen molar-refractivity contribution in [2.45, 2.75) is 47.0 Å². The van der Waals surface area contributed by atoms with Gasteiger partial charge in [0.05, 0.1) is 0 Å². The molecule has 1 aromatic rings. The molecule has 2 heteroatoms. The van der Waals surface area contributed by atoms with Gasteiger partial charge in [-0.05, 0) is 25.5 Å². The van der Waals surface area contributed by atoms with Gasteiger partial charge in [0, 0.05) is 6.42 Å². The molecule has 0 aromatic carbocycles. The standard InChI is InChI=1S/C12H17NO.C2H6/c1-4-7-9-12-13-10(8-5-2)11(6-3)14-12;1-2/h5-6,8H,3-4,7,9H2,1-2H3;1-2H3/b8-5-;. The SMILES string of the molecule is C=Cc1oc(CCCC)nc1/C=C\C.CC. The number of oxazole rings is 1. The summed E-state index contributed by atoms with van der Waals surface area (Å²) in [4.78, 5) is 4.38. The third kappa shape index (κ3) is 4.47. The fraction of sp³-hybridized carbons (Fsp3) is 0.500. The second kappa shape index (κ2) is 8.96. The van der Waals surface area contributed by atoms with Crippen molar-refractivity contribution in [3.05, 3.63) is 30.0 Å². The van der Waals surface area contributed by atoms with E-state index in [1.807, 2.05) is 32.9 Å². The van der Waals surface area contributed by atoms with Gasteiger partial charge in [-0.2, -0.15) is 0 Å². The Kier molecular flexibility index (Phi) is 8.22. The molecule has 0 N–H and O–H groups in total. The van der Waals surface area contributed by atoms with Crippen molar-refractivity contribution in [3.8, 4) is 0 Å². The van der Waals surface area contributed by atoms with Gasteiger partial charge < -0.3 is 4.42 Å². The molecule has 16 heavy (non-hydrogen) atoms. The third-order valence-electron chi connectivity index (χ3n) is 1.98. The topological polar surface area (TPSA) is 26.0 Å². The highest BCUT2D eigenvalue weighted by molar-refractivity contribution is 5.56. The molecule has 0 saturated heterocycles. The lowest BCUT2D eigenvalue weighted by Crippen LogP contribution is -1.83. The van der Waals surface area contributed by atoms with E-state index >= 15 is 0 Å². The smallest absolute Gasteiger partial charge is 0.195 e. The lowest BCUT2D eigenvalue weighted by Gasteiger charge is -1.89. The average molecular weight is 221 g/mol. The Morgan fingerprint density at radius 2 is 2.06 bits per heavy atom. The van der Waals surface area contributed by atoms with Gasteiger partial charge in [0.15, 0.2) is 11.7 Å². The molecule has 0 radical (unpaired) electrons. The maximum atomic E-state index is 5.54. The number of nitrogens with zero attached hydrogens (tertiary/aromatic N) is 1. The highest BCUT2D eigenvalue weighted by Crippen LogP contribution is 2.15. The van der Waals surface area contributed by atoms with Gasteiger partial charge >= 0.3 is 0 Å². The van der Waals surface area contributed by atoms with Crippen molar-refractivity contribution in [3.63, 3.8) is 0 Å². The third-order valence-corrected chi connectivity index (χ3v) is 1.98. The summed E-state index contributed by atoms with van der Waals surface area (Å²) in [6.07, 6.45) is 8.79. The van der Waals surface area contributed by atoms with Crippen molar-refractivity contribution in [2.24, 2.45) is 0 Å². The summed E-state index contributed by atoms with van der Waals surface area (Å²) in [5, 5.41) is 0. The molecular weight excluding hydrogens is 198 g/mol. The van der Waals surface area contributed by atoms with E-state index in [0.717, 1.165) is 36.6 Å². The Bertz CT molecular complexity index is 323. The lowest BCUT2D eigenvalue weighted by atomic mass is 10.2. The van der Waals surface area contributed by atoms with Crippen LogP contribution in [0.2, 0.25) is 0 Å². The summed E-state index contributed by atoms with van der Waals surface area (Å²) in [5.41, 5.74) is 0.883. The maximum absolute atomic E-state index is 5.54. The molecular formula is C14H23NO. The molecule has 0 unspecified atom stereocenters. The van der Waals surface area contributed by atoms with Crippen molar-refractivity contribution in [1.29, 1.82) is 0 Å². The second-order valence-electron chi connectivity index (χ2n) is 3.16. The van der Waals surface area contributed by atoms with E-state index in [4.69, 9.17) is 4.42 Å². The first-order chi connectivity index (χ1) is 7.81. The molecule has 90 valence electrons. The van der Waals surface area contributed by atoms with Gasteiger partial charge in [0.25, 0.3) is 0 Å². The van der Waals surface area contributed by atoms with Gasteiger partial charge in [-0.3, -0.25) is 0 Å². The van der Waals surface area contributed by atoms with Gasteiger partial charge in [0.2, 0.25) is 0 Å². The average Bonchev–Trinajstić information content (AvgIpc) is 2.72. The Balaban J connectivity index is 0.00000106. The zero-order valence-electron chi connectivity index (χ0n) is 10.9. The number of aromatic nitrogens is 1. The van der Waals surface area contributed by atoms with Crippen molar-refractivity contribution in [1.82, 2.24) is 4.98 Å². The highest BCUT2D eigenvalue weighted by atomic mass is 16.4. The molecule has 2 nitrogen and oxygen atoms in total. The van der Waals surface area contributed by atoms with E-state index in [0.29, 0.717) is 0 Å². The van der Waals surface area contributed by atoms with Crippen LogP contribution in [0.1, 0.15) is 57.9 Å². The molecule has 0 saturated carbocycles. The number of hydrogen-bond donors (Lipinski definition) is 0. The summed E-state index contributed by atoms with van der Waals surface area (Å²) >= 11 is 0. The van der Waals surface area contributed by atoms with Crippen LogP contribution in [0.5, 0.6) is 0 Å². The van der Waals surface area contributed by atoms with E-state index in [2.05, 4.69) is 18.5 Å². The zero-order valence-corrected chi connectivity index (χ0v) is 10.9. The Hall–Kier alpha value is -1.31. The Morgan fingerprint density at radius 1 is 1.38 bits per heavy atom. The zero-order chi connectivity index (χ0) is 12.4. The van der Waals surface area contributed by atoms with Crippen LogP contribution in [0.15, 0.2) is 17.1 Å². The first kappa shape index (κ1) is 14.7. The largest absolute Gasteiger partial charge is 0.441 e. The predicted octanol–water partition coefficient (Wildman–Crippen LogP) is 4.72. The van der Waals surface area contributed by atoms with Gasteiger partial charge in [-0.15, -0.1) is 0 Å². The van der Waals surface area contributed by atoms with Crippen molar-refractivity contribution < 1.29 is 4.42 Å². The fourth-order valence-electron chi connectivity index (χ4n) is 1.25. The molecule has 0 aliphatic heterocycles. The predicted molar refractivity (Wildman–Crippen MR) is 71.3 cm³/mol. The number of allylic oxidation sites excluding steroid dienone is 1. The molecule has 0 atom stereocenters. The summed E-state index contributed by atoms with van der Waals surface area (Å²) in [5.74, 6) is 1.59. The molecule has 0 aliphatic rings. The molecule has 0 aliphatic carbocycles. The van der Waals surface area contributed by atoms with Crippen LogP contribution in [0.4, 0.5) is 0 Å². The summed E-state index contributed by atoms with van der Waals surface area (Å²) in [6.45, 7) is 11.8. The molecule has 0 bridgehead atoms. The van der Waals surface area contributed by atoms with Crippen LogP contribution < -0.4 is 0 Å². The van der Waals surface area contributed by atoms with E-state index in [1.54, 1.807) is 6.08 Å². The number of hydrogen-bond acceptors (Lipinski definition) is 2. The van der Waals surface area contributed by atoms with E-state index in [-0.39, 0.29) is 0 Å². The minimum Gasteiger partial charge on any atom is -0.441 e. The van der Waals surface area contributed by atoms with Crippen LogP contribution in [-0.4, -0.2) is 4.98 Å². The fourth-order valence-corrected chi connectivity index (χ4v) is 1.25. The van der Waals surface area contributed by atoms with Crippen LogP contribution in [0, 0.1) is 0 Å². The molecule has 0 fully saturated rings. The minimum absolute atomic E-state index is 0.772. The molecule has 1 heterocycles. The number of rotatable bonds is 5. The maximum Gasteiger partial charge on any atom is 0.195 e. The van der Waals surface area contributed by atoms with Crippen LogP contribution in [-0.2, 0) is 6.42 Å². The van der Waals surface area contributed by atoms with Crippen LogP contribution in [0.25, 0.3) is 12.2 Å². The summed E-state index contributed by atoms with van der Waals surface area (Å²) in [7, 11) is 0. The summed E-state index contributed by atoms with van der Waals surface area (Å²) in [6, 6.07) is 0. The minimum atomic E-state index is 0.772. The molecule has 1 aromatic heterocycles. The number of aryl methyl sites for hydroxylation is 1. The Morgan fingerprint density at radius 3 is 2.56 bits per heavy atom. The second-order valence-corrected chi connectivity index (χ2v) is 3.16. The lowest BCUT2D eigenvalue weighted by molar-refractivity contribution is 0.479. The van der Waals surface area contributed by atoms with Gasteiger partial charge in [-0.25, -0.2) is 4.98 Å². The Labute approximate surface area is 99.1 Å². The molecule has 0 amide bonds. The highest BCUT2D eigenvalue weighted by Gasteiger charge is 2.06. The normalized spacial score (nSPS) is 10.0. The van der Waals surface area contributed by atoms with Gasteiger partial charge in [-0.1, -0.05) is 39.8 Å². The van der Waals surface area contributed by atoms with Gasteiger partial charge in [0.1, 0.15) is 5.69 Å². The quantitative estimate of drug-likeness (QED) is 0.719. The van der Waals surface area contributed by atoms with Crippen molar-refractivity contribution in [2.75, 3.05) is 0 Å². The van der Waals surface area contributed by atoms with E-state index < -0.39 is 0 Å². The van der Waals surface area contributed by atoms with E-state index in [9.17, 15) is 0 Å². The first-order valence-electron chi connectivity index (χ1n) is 6.06. The van der Waals surface area contributed by atoms with Crippen LogP contribution >= 0.6 is 0 Å². The first-order valence-corrected chi connectivity index (χ1v) is 6.06. The van der Waals surface area contributed by atoms with Crippen molar-refractivity contribution >= 4 is 12.2 Å². The van der Waals surface area contributed by atoms with Crippen LogP contribution in [0.3, 0.4) is 0 Å².